The molecular weight excluding hydrogens is 246 g/mol. The van der Waals surface area contributed by atoms with Gasteiger partial charge in [0.15, 0.2) is 11.6 Å². The summed E-state index contributed by atoms with van der Waals surface area (Å²) in [6, 6.07) is 3.34. The number of fused-ring (bicyclic) bond motifs is 1. The number of hydrogen-bond acceptors (Lipinski definition) is 4. The molecule has 6 heteroatoms. The van der Waals surface area contributed by atoms with Gasteiger partial charge in [0.1, 0.15) is 5.60 Å². The molecule has 1 aromatic rings. The summed E-state index contributed by atoms with van der Waals surface area (Å²) in [6.45, 7) is 6.56. The summed E-state index contributed by atoms with van der Waals surface area (Å²) >= 11 is 0. The molecule has 104 valence electrons. The van der Waals surface area contributed by atoms with Gasteiger partial charge in [-0.2, -0.15) is 0 Å². The number of carbonyl (C=O) groups excluding carboxylic acids is 1. The van der Waals surface area contributed by atoms with E-state index in [1.807, 2.05) is 26.8 Å². The first-order chi connectivity index (χ1) is 8.94. The van der Waals surface area contributed by atoms with Gasteiger partial charge < -0.3 is 4.74 Å². The average Bonchev–Trinajstić information content (AvgIpc) is 2.36. The normalized spacial score (nSPS) is 16.5. The van der Waals surface area contributed by atoms with Gasteiger partial charge in [0.2, 0.25) is 0 Å². The average molecular weight is 265 g/mol. The van der Waals surface area contributed by atoms with E-state index in [-0.39, 0.29) is 6.03 Å². The van der Waals surface area contributed by atoms with Gasteiger partial charge in [0, 0.05) is 13.2 Å². The maximum atomic E-state index is 12.4. The summed E-state index contributed by atoms with van der Waals surface area (Å²) in [5.74, 6) is 1.13. The Hall–Kier alpha value is -1.82. The van der Waals surface area contributed by atoms with Crippen molar-refractivity contribution in [3.8, 4) is 5.75 Å². The molecule has 6 nitrogen and oxygen atoms in total. The van der Waals surface area contributed by atoms with Crippen LogP contribution >= 0.6 is 0 Å². The smallest absolute Gasteiger partial charge is 0.349 e. The summed E-state index contributed by atoms with van der Waals surface area (Å²) in [5.41, 5.74) is -0.460. The van der Waals surface area contributed by atoms with Crippen LogP contribution in [0.1, 0.15) is 20.8 Å². The van der Waals surface area contributed by atoms with Crippen molar-refractivity contribution in [2.24, 2.45) is 0 Å². The van der Waals surface area contributed by atoms with Crippen molar-refractivity contribution in [1.82, 2.24) is 10.0 Å². The van der Waals surface area contributed by atoms with Crippen molar-refractivity contribution in [3.05, 3.63) is 18.3 Å². The highest BCUT2D eigenvalue weighted by Gasteiger charge is 2.37. The lowest BCUT2D eigenvalue weighted by atomic mass is 10.1. The lowest BCUT2D eigenvalue weighted by molar-refractivity contribution is -0.0909. The van der Waals surface area contributed by atoms with E-state index in [0.29, 0.717) is 24.7 Å². The number of hydrogen-bond donors (Lipinski definition) is 0. The molecule has 0 bridgehead atoms. The molecular formula is C13H19N3O3. The third kappa shape index (κ3) is 2.78. The Bertz CT molecular complexity index is 476. The molecule has 2 rings (SSSR count). The van der Waals surface area contributed by atoms with Crippen molar-refractivity contribution in [1.29, 1.82) is 0 Å². The molecule has 0 saturated carbocycles. The Labute approximate surface area is 112 Å². The number of anilines is 1. The molecule has 19 heavy (non-hydrogen) atoms. The van der Waals surface area contributed by atoms with Crippen LogP contribution in [-0.4, -0.2) is 41.9 Å². The molecule has 0 unspecified atom stereocenters. The third-order valence-electron chi connectivity index (χ3n) is 2.75. The van der Waals surface area contributed by atoms with Crippen LogP contribution in [0.4, 0.5) is 10.6 Å². The Morgan fingerprint density at radius 1 is 1.63 bits per heavy atom. The Morgan fingerprint density at radius 3 is 3.05 bits per heavy atom. The number of hydroxylamine groups is 2. The predicted octanol–water partition coefficient (Wildman–Crippen LogP) is 2.06. The standard InChI is InChI=1S/C13H19N3O3/c1-5-18-15(4)12(17)16-9-13(2,3)19-10-7-6-8-14-11(10)16/h6-8H,5,9H2,1-4H3. The van der Waals surface area contributed by atoms with Crippen LogP contribution in [0.3, 0.4) is 0 Å². The van der Waals surface area contributed by atoms with Crippen LogP contribution in [0.5, 0.6) is 5.75 Å². The minimum absolute atomic E-state index is 0.252. The molecule has 1 aliphatic heterocycles. The van der Waals surface area contributed by atoms with Gasteiger partial charge in [-0.05, 0) is 32.9 Å². The van der Waals surface area contributed by atoms with E-state index in [0.717, 1.165) is 0 Å². The maximum Gasteiger partial charge on any atom is 0.349 e. The molecule has 0 saturated heterocycles. The van der Waals surface area contributed by atoms with Gasteiger partial charge in [0.25, 0.3) is 0 Å². The number of rotatable bonds is 2. The molecule has 0 atom stereocenters. The molecule has 0 aliphatic carbocycles. The maximum absolute atomic E-state index is 12.4. The van der Waals surface area contributed by atoms with Gasteiger partial charge in [0.05, 0.1) is 13.2 Å². The number of ether oxygens (including phenoxy) is 1. The van der Waals surface area contributed by atoms with Gasteiger partial charge in [-0.25, -0.2) is 14.8 Å². The van der Waals surface area contributed by atoms with Gasteiger partial charge in [-0.1, -0.05) is 0 Å². The van der Waals surface area contributed by atoms with E-state index in [1.165, 1.54) is 5.06 Å². The van der Waals surface area contributed by atoms with Crippen LogP contribution in [0.15, 0.2) is 18.3 Å². The molecule has 1 aromatic heterocycles. The Balaban J connectivity index is 2.32. The first-order valence-corrected chi connectivity index (χ1v) is 6.27. The number of aromatic nitrogens is 1. The van der Waals surface area contributed by atoms with Crippen molar-refractivity contribution in [3.63, 3.8) is 0 Å². The second-order valence-corrected chi connectivity index (χ2v) is 4.97. The summed E-state index contributed by atoms with van der Waals surface area (Å²) in [4.78, 5) is 23.4. The number of nitrogens with zero attached hydrogens (tertiary/aromatic N) is 3. The monoisotopic (exact) mass is 265 g/mol. The van der Waals surface area contributed by atoms with Crippen molar-refractivity contribution in [2.45, 2.75) is 26.4 Å². The molecule has 0 radical (unpaired) electrons. The van der Waals surface area contributed by atoms with E-state index in [4.69, 9.17) is 9.57 Å². The lowest BCUT2D eigenvalue weighted by Crippen LogP contribution is -2.53. The van der Waals surface area contributed by atoms with Crippen LogP contribution in [0.2, 0.25) is 0 Å². The van der Waals surface area contributed by atoms with E-state index in [9.17, 15) is 4.79 Å². The number of urea groups is 1. The molecule has 2 heterocycles. The molecule has 1 aliphatic rings. The van der Waals surface area contributed by atoms with Gasteiger partial charge in [-0.15, -0.1) is 0 Å². The zero-order valence-electron chi connectivity index (χ0n) is 11.7. The SMILES string of the molecule is CCON(C)C(=O)N1CC(C)(C)Oc2cccnc21. The molecule has 2 amide bonds. The Morgan fingerprint density at radius 2 is 2.37 bits per heavy atom. The van der Waals surface area contributed by atoms with Gasteiger partial charge >= 0.3 is 6.03 Å². The number of amides is 2. The Kier molecular flexibility index (Phi) is 3.61. The zero-order valence-corrected chi connectivity index (χ0v) is 11.7. The molecule has 0 spiro atoms. The largest absolute Gasteiger partial charge is 0.482 e. The second kappa shape index (κ2) is 5.05. The quantitative estimate of drug-likeness (QED) is 0.768. The number of carbonyl (C=O) groups is 1. The lowest BCUT2D eigenvalue weighted by Gasteiger charge is -2.39. The van der Waals surface area contributed by atoms with Crippen molar-refractivity contribution >= 4 is 11.8 Å². The fourth-order valence-corrected chi connectivity index (χ4v) is 2.03. The minimum Gasteiger partial charge on any atom is -0.482 e. The molecule has 0 fully saturated rings. The topological polar surface area (TPSA) is 54.9 Å². The zero-order chi connectivity index (χ0) is 14.0. The first kappa shape index (κ1) is 13.6. The van der Waals surface area contributed by atoms with Crippen molar-refractivity contribution < 1.29 is 14.4 Å². The number of pyridine rings is 1. The minimum atomic E-state index is -0.460. The predicted molar refractivity (Wildman–Crippen MR) is 71.1 cm³/mol. The highest BCUT2D eigenvalue weighted by Crippen LogP contribution is 2.35. The summed E-state index contributed by atoms with van der Waals surface area (Å²) in [7, 11) is 1.59. The summed E-state index contributed by atoms with van der Waals surface area (Å²) in [5, 5.41) is 1.22. The fraction of sp³-hybridized carbons (Fsp3) is 0.538. The fourth-order valence-electron chi connectivity index (χ4n) is 2.03. The van der Waals surface area contributed by atoms with Gasteiger partial charge in [-0.3, -0.25) is 9.74 Å². The second-order valence-electron chi connectivity index (χ2n) is 4.97. The van der Waals surface area contributed by atoms with E-state index in [1.54, 1.807) is 24.2 Å². The first-order valence-electron chi connectivity index (χ1n) is 6.27. The summed E-state index contributed by atoms with van der Waals surface area (Å²) in [6.07, 6.45) is 1.64. The van der Waals surface area contributed by atoms with E-state index < -0.39 is 5.60 Å². The highest BCUT2D eigenvalue weighted by atomic mass is 16.7. The van der Waals surface area contributed by atoms with E-state index >= 15 is 0 Å². The highest BCUT2D eigenvalue weighted by molar-refractivity contribution is 5.92. The third-order valence-corrected chi connectivity index (χ3v) is 2.75. The van der Waals surface area contributed by atoms with E-state index in [2.05, 4.69) is 4.98 Å². The van der Waals surface area contributed by atoms with Crippen LogP contribution in [0.25, 0.3) is 0 Å². The molecule has 0 aromatic carbocycles. The van der Waals surface area contributed by atoms with Crippen LogP contribution in [-0.2, 0) is 4.84 Å². The van der Waals surface area contributed by atoms with Crippen LogP contribution < -0.4 is 9.64 Å². The molecule has 0 N–H and O–H groups in total. The summed E-state index contributed by atoms with van der Waals surface area (Å²) < 4.78 is 5.82. The van der Waals surface area contributed by atoms with Crippen molar-refractivity contribution in [2.75, 3.05) is 25.1 Å². The van der Waals surface area contributed by atoms with Crippen LogP contribution in [0, 0.1) is 0 Å².